The van der Waals surface area contributed by atoms with Crippen molar-refractivity contribution in [2.24, 2.45) is 0 Å². The molecule has 8 heteroatoms. The first-order valence-electron chi connectivity index (χ1n) is 10.9. The van der Waals surface area contributed by atoms with Crippen LogP contribution >= 0.6 is 0 Å². The van der Waals surface area contributed by atoms with E-state index in [0.717, 1.165) is 35.6 Å². The first kappa shape index (κ1) is 22.9. The highest BCUT2D eigenvalue weighted by molar-refractivity contribution is 7.89. The van der Waals surface area contributed by atoms with Crippen LogP contribution in [0.2, 0.25) is 0 Å². The smallest absolute Gasteiger partial charge is 0.207 e. The second kappa shape index (κ2) is 9.31. The van der Waals surface area contributed by atoms with Crippen LogP contribution in [0.5, 0.6) is 0 Å². The van der Waals surface area contributed by atoms with Gasteiger partial charge in [-0.15, -0.1) is 0 Å². The Morgan fingerprint density at radius 1 is 0.688 bits per heavy atom. The maximum atomic E-state index is 13.1. The van der Waals surface area contributed by atoms with Gasteiger partial charge in [0.05, 0.1) is 9.79 Å². The van der Waals surface area contributed by atoms with Gasteiger partial charge in [-0.05, 0) is 53.4 Å². The molecule has 1 heterocycles. The zero-order valence-corrected chi connectivity index (χ0v) is 19.8. The second-order valence-corrected chi connectivity index (χ2v) is 11.9. The highest BCUT2D eigenvalue weighted by Crippen LogP contribution is 2.25. The Balaban J connectivity index is 1.46. The second-order valence-electron chi connectivity index (χ2n) is 8.06. The lowest BCUT2D eigenvalue weighted by Gasteiger charge is -2.33. The van der Waals surface area contributed by atoms with Crippen molar-refractivity contribution < 1.29 is 16.8 Å². The van der Waals surface area contributed by atoms with Crippen molar-refractivity contribution in [3.63, 3.8) is 0 Å². The van der Waals surface area contributed by atoms with E-state index in [1.54, 1.807) is 30.3 Å². The molecule has 4 rings (SSSR count). The number of piperazine rings is 1. The van der Waals surface area contributed by atoms with E-state index in [2.05, 4.69) is 6.92 Å². The molecule has 170 valence electrons. The fourth-order valence-electron chi connectivity index (χ4n) is 3.99. The molecule has 0 N–H and O–H groups in total. The van der Waals surface area contributed by atoms with E-state index in [1.165, 1.54) is 8.61 Å². The van der Waals surface area contributed by atoms with Crippen molar-refractivity contribution >= 4 is 30.8 Å². The number of nitrogens with zero attached hydrogens (tertiary/aromatic N) is 2. The summed E-state index contributed by atoms with van der Waals surface area (Å²) in [5.41, 5.74) is 1.12. The van der Waals surface area contributed by atoms with Crippen LogP contribution in [0.4, 0.5) is 0 Å². The zero-order valence-electron chi connectivity index (χ0n) is 18.1. The largest absolute Gasteiger partial charge is 0.243 e. The fraction of sp³-hybridized carbons (Fsp3) is 0.333. The molecule has 0 aliphatic carbocycles. The molecule has 0 unspecified atom stereocenters. The van der Waals surface area contributed by atoms with Gasteiger partial charge >= 0.3 is 0 Å². The van der Waals surface area contributed by atoms with Gasteiger partial charge < -0.3 is 0 Å². The number of rotatable bonds is 7. The van der Waals surface area contributed by atoms with Crippen LogP contribution in [-0.4, -0.2) is 51.6 Å². The van der Waals surface area contributed by atoms with Crippen molar-refractivity contribution in [1.82, 2.24) is 8.61 Å². The average Bonchev–Trinajstić information content (AvgIpc) is 2.82. The van der Waals surface area contributed by atoms with Gasteiger partial charge in [-0.2, -0.15) is 8.61 Å². The van der Waals surface area contributed by atoms with E-state index in [0.29, 0.717) is 0 Å². The summed E-state index contributed by atoms with van der Waals surface area (Å²) in [7, 11) is -7.34. The minimum absolute atomic E-state index is 0.128. The van der Waals surface area contributed by atoms with Gasteiger partial charge in [0.1, 0.15) is 0 Å². The first-order chi connectivity index (χ1) is 15.3. The predicted molar refractivity (Wildman–Crippen MR) is 127 cm³/mol. The minimum Gasteiger partial charge on any atom is -0.207 e. The molecule has 3 aromatic carbocycles. The maximum Gasteiger partial charge on any atom is 0.243 e. The van der Waals surface area contributed by atoms with Gasteiger partial charge in [-0.1, -0.05) is 55.8 Å². The molecule has 0 amide bonds. The summed E-state index contributed by atoms with van der Waals surface area (Å²) in [6.07, 6.45) is 3.09. The van der Waals surface area contributed by atoms with Gasteiger partial charge in [-0.3, -0.25) is 0 Å². The quantitative estimate of drug-likeness (QED) is 0.523. The van der Waals surface area contributed by atoms with Crippen molar-refractivity contribution in [2.45, 2.75) is 36.0 Å². The lowest BCUT2D eigenvalue weighted by Crippen LogP contribution is -2.50. The highest BCUT2D eigenvalue weighted by Gasteiger charge is 2.33. The van der Waals surface area contributed by atoms with Crippen LogP contribution in [0.25, 0.3) is 10.8 Å². The lowest BCUT2D eigenvalue weighted by molar-refractivity contribution is 0.273. The summed E-state index contributed by atoms with van der Waals surface area (Å²) >= 11 is 0. The van der Waals surface area contributed by atoms with Gasteiger partial charge in [-0.25, -0.2) is 16.8 Å². The van der Waals surface area contributed by atoms with E-state index in [4.69, 9.17) is 0 Å². The van der Waals surface area contributed by atoms with E-state index in [-0.39, 0.29) is 36.0 Å². The number of sulfonamides is 2. The number of aryl methyl sites for hydroxylation is 1. The van der Waals surface area contributed by atoms with Gasteiger partial charge in [0.2, 0.25) is 20.0 Å². The molecule has 6 nitrogen and oxygen atoms in total. The van der Waals surface area contributed by atoms with Crippen LogP contribution in [0.3, 0.4) is 0 Å². The SMILES string of the molecule is CCCCc1ccc(S(=O)(=O)N2CCN(S(=O)(=O)c3ccc4ccccc4c3)CC2)cc1. The van der Waals surface area contributed by atoms with Gasteiger partial charge in [0.15, 0.2) is 0 Å². The Morgan fingerprint density at radius 2 is 1.22 bits per heavy atom. The minimum atomic E-state index is -3.69. The summed E-state index contributed by atoms with van der Waals surface area (Å²) in [6, 6.07) is 19.7. The molecule has 0 aromatic heterocycles. The summed E-state index contributed by atoms with van der Waals surface area (Å²) in [6.45, 7) is 2.64. The molecule has 1 aliphatic heterocycles. The van der Waals surface area contributed by atoms with Crippen molar-refractivity contribution in [1.29, 1.82) is 0 Å². The number of fused-ring (bicyclic) bond motifs is 1. The molecule has 1 aliphatic rings. The molecule has 32 heavy (non-hydrogen) atoms. The van der Waals surface area contributed by atoms with E-state index < -0.39 is 20.0 Å². The van der Waals surface area contributed by atoms with Crippen LogP contribution in [0.1, 0.15) is 25.3 Å². The molecule has 1 fully saturated rings. The maximum absolute atomic E-state index is 13.1. The topological polar surface area (TPSA) is 74.8 Å². The van der Waals surface area contributed by atoms with Crippen LogP contribution < -0.4 is 0 Å². The standard InChI is InChI=1S/C24H28N2O4S2/c1-2-3-6-20-9-12-23(13-10-20)31(27,28)25-15-17-26(18-16-25)32(29,30)24-14-11-21-7-4-5-8-22(21)19-24/h4-5,7-14,19H,2-3,6,15-18H2,1H3. The van der Waals surface area contributed by atoms with E-state index >= 15 is 0 Å². The summed E-state index contributed by atoms with van der Waals surface area (Å²) in [5.74, 6) is 0. The fourth-order valence-corrected chi connectivity index (χ4v) is 6.87. The molecule has 0 radical (unpaired) electrons. The average molecular weight is 473 g/mol. The Hall–Kier alpha value is -2.26. The lowest BCUT2D eigenvalue weighted by atomic mass is 10.1. The molecular weight excluding hydrogens is 444 g/mol. The molecule has 0 spiro atoms. The molecular formula is C24H28N2O4S2. The number of hydrogen-bond donors (Lipinski definition) is 0. The van der Waals surface area contributed by atoms with Crippen LogP contribution in [-0.2, 0) is 26.5 Å². The van der Waals surface area contributed by atoms with Gasteiger partial charge in [0.25, 0.3) is 0 Å². The van der Waals surface area contributed by atoms with E-state index in [9.17, 15) is 16.8 Å². The Kier molecular flexibility index (Phi) is 6.67. The van der Waals surface area contributed by atoms with Crippen LogP contribution in [0.15, 0.2) is 76.5 Å². The summed E-state index contributed by atoms with van der Waals surface area (Å²) in [5, 5.41) is 1.83. The van der Waals surface area contributed by atoms with Gasteiger partial charge in [0, 0.05) is 26.2 Å². The molecule has 3 aromatic rings. The third-order valence-corrected chi connectivity index (χ3v) is 9.74. The van der Waals surface area contributed by atoms with Crippen molar-refractivity contribution in [3.8, 4) is 0 Å². The normalized spacial score (nSPS) is 16.4. The van der Waals surface area contributed by atoms with Crippen LogP contribution in [0, 0.1) is 0 Å². The summed E-state index contributed by atoms with van der Waals surface area (Å²) in [4.78, 5) is 0.485. The molecule has 0 saturated carbocycles. The highest BCUT2D eigenvalue weighted by atomic mass is 32.2. The monoisotopic (exact) mass is 472 g/mol. The number of unbranched alkanes of at least 4 members (excludes halogenated alkanes) is 1. The number of hydrogen-bond acceptors (Lipinski definition) is 4. The molecule has 0 bridgehead atoms. The Bertz CT molecular complexity index is 1300. The summed E-state index contributed by atoms with van der Waals surface area (Å²) < 4.78 is 55.1. The number of benzene rings is 3. The van der Waals surface area contributed by atoms with E-state index in [1.807, 2.05) is 36.4 Å². The third-order valence-electron chi connectivity index (χ3n) is 5.94. The zero-order chi connectivity index (χ0) is 22.8. The Labute approximate surface area is 190 Å². The first-order valence-corrected chi connectivity index (χ1v) is 13.8. The Morgan fingerprint density at radius 3 is 1.81 bits per heavy atom. The molecule has 1 saturated heterocycles. The van der Waals surface area contributed by atoms with Crippen molar-refractivity contribution in [2.75, 3.05) is 26.2 Å². The molecule has 0 atom stereocenters. The van der Waals surface area contributed by atoms with Crippen molar-refractivity contribution in [3.05, 3.63) is 72.3 Å². The predicted octanol–water partition coefficient (Wildman–Crippen LogP) is 3.88. The third kappa shape index (κ3) is 4.59.